The van der Waals surface area contributed by atoms with Gasteiger partial charge in [0.2, 0.25) is 0 Å². The van der Waals surface area contributed by atoms with E-state index < -0.39 is 5.92 Å². The van der Waals surface area contributed by atoms with Gasteiger partial charge in [-0.2, -0.15) is 0 Å². The van der Waals surface area contributed by atoms with E-state index in [0.717, 1.165) is 0 Å². The lowest BCUT2D eigenvalue weighted by Gasteiger charge is -2.07. The van der Waals surface area contributed by atoms with Crippen LogP contribution in [0.15, 0.2) is 0 Å². The van der Waals surface area contributed by atoms with Gasteiger partial charge in [-0.05, 0) is 19.8 Å². The van der Waals surface area contributed by atoms with Crippen LogP contribution in [0.25, 0.3) is 0 Å². The van der Waals surface area contributed by atoms with Crippen LogP contribution >= 0.6 is 9.24 Å². The van der Waals surface area contributed by atoms with Gasteiger partial charge in [-0.1, -0.05) is 0 Å². The molecule has 0 saturated heterocycles. The fourth-order valence-electron chi connectivity index (χ4n) is 0.739. The van der Waals surface area contributed by atoms with Crippen molar-refractivity contribution < 1.29 is 9.59 Å². The Morgan fingerprint density at radius 3 is 2.45 bits per heavy atom. The molecule has 3 nitrogen and oxygen atoms in total. The van der Waals surface area contributed by atoms with E-state index in [1.165, 1.54) is 6.92 Å². The van der Waals surface area contributed by atoms with Gasteiger partial charge in [0.1, 0.15) is 12.1 Å². The SMILES string of the molecule is CC(=O)C(C=O)CCC(N)P. The number of hydrogen-bond donors (Lipinski definition) is 1. The summed E-state index contributed by atoms with van der Waals surface area (Å²) >= 11 is 0. The zero-order valence-electron chi connectivity index (χ0n) is 6.62. The highest BCUT2D eigenvalue weighted by Gasteiger charge is 2.12. The lowest BCUT2D eigenvalue weighted by Crippen LogP contribution is -2.17. The second kappa shape index (κ2) is 5.39. The summed E-state index contributed by atoms with van der Waals surface area (Å²) in [6.45, 7) is 1.42. The summed E-state index contributed by atoms with van der Waals surface area (Å²) in [4.78, 5) is 21.0. The van der Waals surface area contributed by atoms with Gasteiger partial charge in [-0.25, -0.2) is 0 Å². The first-order valence-electron chi connectivity index (χ1n) is 3.54. The number of ketones is 1. The Morgan fingerprint density at radius 2 is 2.18 bits per heavy atom. The third kappa shape index (κ3) is 5.05. The van der Waals surface area contributed by atoms with Gasteiger partial charge in [0, 0.05) is 5.78 Å². The number of rotatable bonds is 5. The molecule has 0 aromatic heterocycles. The molecule has 11 heavy (non-hydrogen) atoms. The number of aldehydes is 1. The van der Waals surface area contributed by atoms with Crippen LogP contribution in [0.1, 0.15) is 19.8 Å². The van der Waals surface area contributed by atoms with Gasteiger partial charge in [0.05, 0.1) is 5.92 Å². The van der Waals surface area contributed by atoms with Crippen LogP contribution in [-0.2, 0) is 9.59 Å². The van der Waals surface area contributed by atoms with Crippen LogP contribution in [0, 0.1) is 5.92 Å². The summed E-state index contributed by atoms with van der Waals surface area (Å²) < 4.78 is 0. The number of nitrogens with two attached hydrogens (primary N) is 1. The molecule has 0 radical (unpaired) electrons. The van der Waals surface area contributed by atoms with Crippen molar-refractivity contribution in [3.63, 3.8) is 0 Å². The molecular formula is C7H14NO2P. The Bertz CT molecular complexity index is 147. The maximum atomic E-state index is 10.7. The molecule has 0 aliphatic carbocycles. The lowest BCUT2D eigenvalue weighted by molar-refractivity contribution is -0.125. The summed E-state index contributed by atoms with van der Waals surface area (Å²) in [6, 6.07) is 0. The zero-order valence-corrected chi connectivity index (χ0v) is 7.77. The average Bonchev–Trinajstić information content (AvgIpc) is 1.87. The molecule has 0 aliphatic heterocycles. The molecule has 0 spiro atoms. The van der Waals surface area contributed by atoms with Crippen molar-refractivity contribution in [1.29, 1.82) is 0 Å². The summed E-state index contributed by atoms with van der Waals surface area (Å²) in [5.74, 6) is -0.552. The van der Waals surface area contributed by atoms with Crippen molar-refractivity contribution in [2.24, 2.45) is 11.7 Å². The first-order chi connectivity index (χ1) is 5.07. The maximum absolute atomic E-state index is 10.7. The Balaban J connectivity index is 3.70. The smallest absolute Gasteiger partial charge is 0.139 e. The van der Waals surface area contributed by atoms with Crippen molar-refractivity contribution in [2.45, 2.75) is 25.5 Å². The zero-order chi connectivity index (χ0) is 8.85. The van der Waals surface area contributed by atoms with Crippen LogP contribution in [0.3, 0.4) is 0 Å². The van der Waals surface area contributed by atoms with Gasteiger partial charge >= 0.3 is 0 Å². The largest absolute Gasteiger partial charge is 0.324 e. The van der Waals surface area contributed by atoms with Crippen molar-refractivity contribution in [2.75, 3.05) is 0 Å². The summed E-state index contributed by atoms with van der Waals surface area (Å²) in [7, 11) is 2.43. The molecule has 4 heteroatoms. The Hall–Kier alpha value is -0.270. The highest BCUT2D eigenvalue weighted by atomic mass is 31.0. The highest BCUT2D eigenvalue weighted by Crippen LogP contribution is 2.09. The third-order valence-electron chi connectivity index (χ3n) is 1.50. The molecule has 0 aliphatic rings. The number of Topliss-reactive ketones (excluding diaryl/α,β-unsaturated/α-hetero) is 1. The fourth-order valence-corrected chi connectivity index (χ4v) is 0.932. The summed E-state index contributed by atoms with van der Waals surface area (Å²) in [5.41, 5.74) is 5.43. The second-order valence-electron chi connectivity index (χ2n) is 2.59. The summed E-state index contributed by atoms with van der Waals surface area (Å²) in [6.07, 6.45) is 1.94. The first-order valence-corrected chi connectivity index (χ1v) is 4.21. The van der Waals surface area contributed by atoms with Gasteiger partial charge in [0.15, 0.2) is 0 Å². The summed E-state index contributed by atoms with van der Waals surface area (Å²) in [5, 5.41) is 0. The minimum absolute atomic E-state index is 0.0169. The molecule has 0 fully saturated rings. The molecule has 2 N–H and O–H groups in total. The molecule has 64 valence electrons. The molecule has 0 rings (SSSR count). The number of carbonyl (C=O) groups excluding carboxylic acids is 2. The number of hydrogen-bond acceptors (Lipinski definition) is 3. The van der Waals surface area contributed by atoms with E-state index >= 15 is 0 Å². The molecule has 3 unspecified atom stereocenters. The normalized spacial score (nSPS) is 15.5. The van der Waals surface area contributed by atoms with Crippen molar-refractivity contribution in [1.82, 2.24) is 0 Å². The van der Waals surface area contributed by atoms with Crippen molar-refractivity contribution in [3.05, 3.63) is 0 Å². The molecule has 0 amide bonds. The Labute approximate surface area is 68.9 Å². The average molecular weight is 175 g/mol. The van der Waals surface area contributed by atoms with E-state index in [1.54, 1.807) is 0 Å². The molecule has 0 aromatic rings. The first kappa shape index (κ1) is 10.7. The molecule has 0 saturated carbocycles. The molecule has 0 bridgehead atoms. The predicted molar refractivity (Wildman–Crippen MR) is 47.2 cm³/mol. The van der Waals surface area contributed by atoms with Gasteiger partial charge < -0.3 is 10.5 Å². The van der Waals surface area contributed by atoms with Crippen LogP contribution < -0.4 is 5.73 Å². The molecular weight excluding hydrogens is 161 g/mol. The van der Waals surface area contributed by atoms with E-state index in [1.807, 2.05) is 0 Å². The Kier molecular flexibility index (Phi) is 5.26. The van der Waals surface area contributed by atoms with E-state index in [9.17, 15) is 9.59 Å². The topological polar surface area (TPSA) is 60.2 Å². The van der Waals surface area contributed by atoms with Gasteiger partial charge in [-0.15, -0.1) is 9.24 Å². The van der Waals surface area contributed by atoms with E-state index in [0.29, 0.717) is 19.1 Å². The highest BCUT2D eigenvalue weighted by molar-refractivity contribution is 7.17. The second-order valence-corrected chi connectivity index (χ2v) is 3.45. The fraction of sp³-hybridized carbons (Fsp3) is 0.714. The number of carbonyl (C=O) groups is 2. The predicted octanol–water partition coefficient (Wildman–Crippen LogP) is 0.331. The Morgan fingerprint density at radius 1 is 1.64 bits per heavy atom. The monoisotopic (exact) mass is 175 g/mol. The van der Waals surface area contributed by atoms with E-state index in [-0.39, 0.29) is 11.6 Å². The van der Waals surface area contributed by atoms with Crippen molar-refractivity contribution in [3.8, 4) is 0 Å². The van der Waals surface area contributed by atoms with E-state index in [2.05, 4.69) is 9.24 Å². The minimum Gasteiger partial charge on any atom is -0.324 e. The van der Waals surface area contributed by atoms with Gasteiger partial charge in [-0.3, -0.25) is 4.79 Å². The van der Waals surface area contributed by atoms with E-state index in [4.69, 9.17) is 5.73 Å². The molecule has 0 heterocycles. The maximum Gasteiger partial charge on any atom is 0.139 e. The van der Waals surface area contributed by atoms with Gasteiger partial charge in [0.25, 0.3) is 0 Å². The lowest BCUT2D eigenvalue weighted by atomic mass is 10.0. The molecule has 0 aromatic carbocycles. The molecule has 3 atom stereocenters. The van der Waals surface area contributed by atoms with Crippen LogP contribution in [-0.4, -0.2) is 17.9 Å². The quantitative estimate of drug-likeness (QED) is 0.372. The van der Waals surface area contributed by atoms with Crippen molar-refractivity contribution >= 4 is 21.3 Å². The van der Waals surface area contributed by atoms with Crippen LogP contribution in [0.5, 0.6) is 0 Å². The minimum atomic E-state index is -0.457. The van der Waals surface area contributed by atoms with Crippen LogP contribution in [0.2, 0.25) is 0 Å². The standard InChI is InChI=1S/C7H14NO2P/c1-5(10)6(4-9)2-3-7(8)11/h4,6-7H,2-3,8,11H2,1H3. The third-order valence-corrected chi connectivity index (χ3v) is 1.83. The van der Waals surface area contributed by atoms with Crippen LogP contribution in [0.4, 0.5) is 0 Å².